The van der Waals surface area contributed by atoms with Gasteiger partial charge in [-0.25, -0.2) is 9.67 Å². The molecule has 1 aliphatic heterocycles. The van der Waals surface area contributed by atoms with Crippen molar-refractivity contribution in [1.29, 1.82) is 0 Å². The van der Waals surface area contributed by atoms with E-state index in [0.717, 1.165) is 18.9 Å². The third-order valence-electron chi connectivity index (χ3n) is 3.51. The van der Waals surface area contributed by atoms with Crippen LogP contribution in [0.5, 0.6) is 0 Å². The lowest BCUT2D eigenvalue weighted by molar-refractivity contribution is -0.136. The van der Waals surface area contributed by atoms with Crippen molar-refractivity contribution in [2.24, 2.45) is 0 Å². The molecule has 1 saturated heterocycles. The van der Waals surface area contributed by atoms with Gasteiger partial charge >= 0.3 is 0 Å². The number of Topliss-reactive ketones (excluding diaryl/α,β-unsaturated/α-hetero) is 1. The number of aromatic nitrogens is 3. The zero-order valence-corrected chi connectivity index (χ0v) is 11.9. The van der Waals surface area contributed by atoms with Crippen molar-refractivity contribution in [1.82, 2.24) is 19.7 Å². The van der Waals surface area contributed by atoms with Crippen molar-refractivity contribution in [2.45, 2.75) is 45.9 Å². The lowest BCUT2D eigenvalue weighted by atomic mass is 10.1. The molecule has 6 heteroatoms. The summed E-state index contributed by atoms with van der Waals surface area (Å²) in [5.74, 6) is 0.811. The number of ketones is 1. The van der Waals surface area contributed by atoms with Crippen LogP contribution in [0.2, 0.25) is 0 Å². The molecule has 1 fully saturated rings. The molecule has 19 heavy (non-hydrogen) atoms. The van der Waals surface area contributed by atoms with Crippen molar-refractivity contribution in [2.75, 3.05) is 19.7 Å². The number of morpholine rings is 1. The van der Waals surface area contributed by atoms with Crippen LogP contribution in [0.4, 0.5) is 0 Å². The van der Waals surface area contributed by atoms with Crippen LogP contribution in [0.25, 0.3) is 0 Å². The Morgan fingerprint density at radius 1 is 1.58 bits per heavy atom. The van der Waals surface area contributed by atoms with E-state index in [4.69, 9.17) is 4.74 Å². The third kappa shape index (κ3) is 3.39. The first kappa shape index (κ1) is 14.1. The molecule has 1 aromatic rings. The highest BCUT2D eigenvalue weighted by atomic mass is 16.5. The molecule has 106 valence electrons. The molecule has 0 radical (unpaired) electrons. The fourth-order valence-corrected chi connectivity index (χ4v) is 2.29. The molecule has 6 nitrogen and oxygen atoms in total. The van der Waals surface area contributed by atoms with E-state index >= 15 is 0 Å². The van der Waals surface area contributed by atoms with Crippen LogP contribution >= 0.6 is 0 Å². The summed E-state index contributed by atoms with van der Waals surface area (Å²) in [6.45, 7) is 9.19. The van der Waals surface area contributed by atoms with Crippen LogP contribution in [0.1, 0.15) is 26.6 Å². The number of aryl methyl sites for hydroxylation is 1. The average Bonchev–Trinajstić information content (AvgIpc) is 2.86. The van der Waals surface area contributed by atoms with Gasteiger partial charge < -0.3 is 4.74 Å². The van der Waals surface area contributed by atoms with Gasteiger partial charge in [-0.15, -0.1) is 0 Å². The summed E-state index contributed by atoms with van der Waals surface area (Å²) in [6, 6.07) is 0.443. The van der Waals surface area contributed by atoms with Crippen molar-refractivity contribution in [3.05, 3.63) is 12.2 Å². The fraction of sp³-hybridized carbons (Fsp3) is 0.769. The zero-order chi connectivity index (χ0) is 13.8. The summed E-state index contributed by atoms with van der Waals surface area (Å²) in [5.41, 5.74) is 0. The summed E-state index contributed by atoms with van der Waals surface area (Å²) >= 11 is 0. The lowest BCUT2D eigenvalue weighted by Crippen LogP contribution is -2.49. The highest BCUT2D eigenvalue weighted by Gasteiger charge is 2.28. The van der Waals surface area contributed by atoms with E-state index in [9.17, 15) is 4.79 Å². The molecule has 1 aromatic heterocycles. The standard InChI is InChI=1S/C13H22N4O2/c1-4-17-13(14-9-15-17)7-11(18)12-8-16(10(2)3)5-6-19-12/h9-10,12H,4-8H2,1-3H3. The van der Waals surface area contributed by atoms with Gasteiger partial charge in [-0.3, -0.25) is 9.69 Å². The number of carbonyl (C=O) groups excluding carboxylic acids is 1. The number of hydrogen-bond acceptors (Lipinski definition) is 5. The van der Waals surface area contributed by atoms with Gasteiger partial charge in [0.05, 0.1) is 13.0 Å². The molecular formula is C13H22N4O2. The molecule has 2 heterocycles. The molecule has 1 unspecified atom stereocenters. The molecule has 0 saturated carbocycles. The third-order valence-corrected chi connectivity index (χ3v) is 3.51. The van der Waals surface area contributed by atoms with Crippen molar-refractivity contribution in [3.63, 3.8) is 0 Å². The Hall–Kier alpha value is -1.27. The second kappa shape index (κ2) is 6.25. The quantitative estimate of drug-likeness (QED) is 0.777. The minimum absolute atomic E-state index is 0.0908. The second-order valence-corrected chi connectivity index (χ2v) is 5.08. The Morgan fingerprint density at radius 3 is 3.05 bits per heavy atom. The van der Waals surface area contributed by atoms with Crippen LogP contribution in [0.3, 0.4) is 0 Å². The Morgan fingerprint density at radius 2 is 2.37 bits per heavy atom. The topological polar surface area (TPSA) is 60.2 Å². The lowest BCUT2D eigenvalue weighted by Gasteiger charge is -2.34. The molecule has 0 amide bonds. The maximum Gasteiger partial charge on any atom is 0.170 e. The van der Waals surface area contributed by atoms with E-state index in [1.807, 2.05) is 6.92 Å². The molecule has 0 spiro atoms. The van der Waals surface area contributed by atoms with Crippen LogP contribution in [-0.4, -0.2) is 57.3 Å². The normalized spacial score (nSPS) is 20.9. The molecule has 2 rings (SSSR count). The minimum atomic E-state index is -0.335. The van der Waals surface area contributed by atoms with E-state index in [-0.39, 0.29) is 11.9 Å². The van der Waals surface area contributed by atoms with E-state index in [1.165, 1.54) is 6.33 Å². The first-order chi connectivity index (χ1) is 9.11. The second-order valence-electron chi connectivity index (χ2n) is 5.08. The Labute approximate surface area is 113 Å². The zero-order valence-electron chi connectivity index (χ0n) is 11.9. The van der Waals surface area contributed by atoms with Crippen LogP contribution in [-0.2, 0) is 22.5 Å². The minimum Gasteiger partial charge on any atom is -0.368 e. The van der Waals surface area contributed by atoms with Crippen molar-refractivity contribution >= 4 is 5.78 Å². The molecular weight excluding hydrogens is 244 g/mol. The van der Waals surface area contributed by atoms with Crippen molar-refractivity contribution < 1.29 is 9.53 Å². The summed E-state index contributed by atoms with van der Waals surface area (Å²) in [6.07, 6.45) is 1.46. The van der Waals surface area contributed by atoms with E-state index in [2.05, 4.69) is 28.8 Å². The number of nitrogens with zero attached hydrogens (tertiary/aromatic N) is 4. The highest BCUT2D eigenvalue weighted by Crippen LogP contribution is 2.11. The van der Waals surface area contributed by atoms with Gasteiger partial charge in [0, 0.05) is 25.7 Å². The van der Waals surface area contributed by atoms with Gasteiger partial charge in [0.2, 0.25) is 0 Å². The largest absolute Gasteiger partial charge is 0.368 e. The van der Waals surface area contributed by atoms with Gasteiger partial charge in [0.25, 0.3) is 0 Å². The van der Waals surface area contributed by atoms with Gasteiger partial charge in [-0.2, -0.15) is 5.10 Å². The smallest absolute Gasteiger partial charge is 0.170 e. The number of carbonyl (C=O) groups is 1. The average molecular weight is 266 g/mol. The highest BCUT2D eigenvalue weighted by molar-refractivity contribution is 5.85. The number of rotatable bonds is 5. The Balaban J connectivity index is 1.96. The maximum atomic E-state index is 12.3. The SMILES string of the molecule is CCn1ncnc1CC(=O)C1CN(C(C)C)CCO1. The molecule has 0 aromatic carbocycles. The molecule has 1 aliphatic rings. The van der Waals surface area contributed by atoms with Gasteiger partial charge in [0.1, 0.15) is 18.3 Å². The van der Waals surface area contributed by atoms with E-state index in [0.29, 0.717) is 25.6 Å². The summed E-state index contributed by atoms with van der Waals surface area (Å²) in [7, 11) is 0. The van der Waals surface area contributed by atoms with Crippen LogP contribution < -0.4 is 0 Å². The fourth-order valence-electron chi connectivity index (χ4n) is 2.29. The van der Waals surface area contributed by atoms with Crippen LogP contribution in [0.15, 0.2) is 6.33 Å². The molecule has 1 atom stereocenters. The first-order valence-corrected chi connectivity index (χ1v) is 6.86. The first-order valence-electron chi connectivity index (χ1n) is 6.86. The van der Waals surface area contributed by atoms with Crippen molar-refractivity contribution in [3.8, 4) is 0 Å². The Bertz CT molecular complexity index is 430. The van der Waals surface area contributed by atoms with E-state index < -0.39 is 0 Å². The number of ether oxygens (including phenoxy) is 1. The van der Waals surface area contributed by atoms with Gasteiger partial charge in [-0.05, 0) is 20.8 Å². The summed E-state index contributed by atoms with van der Waals surface area (Å²) in [4.78, 5) is 18.7. The maximum absolute atomic E-state index is 12.3. The number of hydrogen-bond donors (Lipinski definition) is 0. The van der Waals surface area contributed by atoms with Gasteiger partial charge in [-0.1, -0.05) is 0 Å². The van der Waals surface area contributed by atoms with E-state index in [1.54, 1.807) is 4.68 Å². The predicted molar refractivity (Wildman–Crippen MR) is 70.9 cm³/mol. The summed E-state index contributed by atoms with van der Waals surface area (Å²) in [5, 5.41) is 4.08. The molecule has 0 N–H and O–H groups in total. The van der Waals surface area contributed by atoms with Crippen LogP contribution in [0, 0.1) is 0 Å². The Kier molecular flexibility index (Phi) is 4.66. The van der Waals surface area contributed by atoms with Gasteiger partial charge in [0.15, 0.2) is 5.78 Å². The predicted octanol–water partition coefficient (Wildman–Crippen LogP) is 0.519. The molecule has 0 bridgehead atoms. The summed E-state index contributed by atoms with van der Waals surface area (Å²) < 4.78 is 7.34. The molecule has 0 aliphatic carbocycles. The monoisotopic (exact) mass is 266 g/mol.